The van der Waals surface area contributed by atoms with Gasteiger partial charge < -0.3 is 0 Å². The molecule has 0 aliphatic rings. The Morgan fingerprint density at radius 3 is 2.93 bits per heavy atom. The van der Waals surface area contributed by atoms with Gasteiger partial charge in [-0.25, -0.2) is 4.68 Å². The Hall–Kier alpha value is -0.600. The number of aryl methyl sites for hydroxylation is 1. The summed E-state index contributed by atoms with van der Waals surface area (Å²) in [6.45, 7) is 2.29. The van der Waals surface area contributed by atoms with Gasteiger partial charge >= 0.3 is 0 Å². The van der Waals surface area contributed by atoms with Crippen molar-refractivity contribution in [3.8, 4) is 11.8 Å². The van der Waals surface area contributed by atoms with E-state index in [1.54, 1.807) is 13.1 Å². The van der Waals surface area contributed by atoms with Gasteiger partial charge in [-0.15, -0.1) is 11.8 Å². The van der Waals surface area contributed by atoms with Crippen molar-refractivity contribution in [3.63, 3.8) is 0 Å². The molecule has 0 aliphatic heterocycles. The van der Waals surface area contributed by atoms with E-state index < -0.39 is 0 Å². The summed E-state index contributed by atoms with van der Waals surface area (Å²) in [6.07, 6.45) is 2.22. The van der Waals surface area contributed by atoms with Gasteiger partial charge in [-0.3, -0.25) is 4.79 Å². The molecule has 5 heteroatoms. The summed E-state index contributed by atoms with van der Waals surface area (Å²) in [4.78, 5) is 11.6. The second kappa shape index (κ2) is 5.32. The van der Waals surface area contributed by atoms with E-state index in [1.165, 1.54) is 4.68 Å². The zero-order valence-electron chi connectivity index (χ0n) is 7.55. The molecule has 0 atom stereocenters. The lowest BCUT2D eigenvalue weighted by Crippen LogP contribution is -2.23. The molecule has 1 rings (SSSR count). The highest BCUT2D eigenvalue weighted by Gasteiger charge is 2.05. The van der Waals surface area contributed by atoms with Crippen LogP contribution in [0.1, 0.15) is 13.3 Å². The minimum absolute atomic E-state index is 0.141. The van der Waals surface area contributed by atoms with Crippen LogP contribution < -0.4 is 5.56 Å². The van der Waals surface area contributed by atoms with Gasteiger partial charge in [-0.1, -0.05) is 0 Å². The SMILES string of the molecule is CC#CCCn1ncc(Br)c(Br)c1=O. The molecule has 0 bridgehead atoms. The van der Waals surface area contributed by atoms with Crippen LogP contribution in [0.2, 0.25) is 0 Å². The Labute approximate surface area is 98.8 Å². The maximum atomic E-state index is 11.6. The van der Waals surface area contributed by atoms with Crippen molar-refractivity contribution in [2.75, 3.05) is 0 Å². The largest absolute Gasteiger partial charge is 0.282 e. The van der Waals surface area contributed by atoms with E-state index in [0.29, 0.717) is 21.9 Å². The van der Waals surface area contributed by atoms with Gasteiger partial charge in [0.15, 0.2) is 0 Å². The van der Waals surface area contributed by atoms with E-state index in [9.17, 15) is 4.79 Å². The predicted octanol–water partition coefficient (Wildman–Crippen LogP) is 2.18. The van der Waals surface area contributed by atoms with E-state index >= 15 is 0 Å². The molecule has 0 unspecified atom stereocenters. The van der Waals surface area contributed by atoms with Crippen LogP contribution in [0.15, 0.2) is 19.9 Å². The zero-order chi connectivity index (χ0) is 10.6. The number of rotatable bonds is 2. The molecule has 0 spiro atoms. The van der Waals surface area contributed by atoms with Crippen molar-refractivity contribution in [2.45, 2.75) is 19.9 Å². The number of aromatic nitrogens is 2. The highest BCUT2D eigenvalue weighted by atomic mass is 79.9. The van der Waals surface area contributed by atoms with Crippen molar-refractivity contribution in [1.29, 1.82) is 0 Å². The van der Waals surface area contributed by atoms with Gasteiger partial charge in [-0.2, -0.15) is 5.10 Å². The second-order valence-electron chi connectivity index (χ2n) is 2.51. The number of halogens is 2. The maximum Gasteiger partial charge on any atom is 0.282 e. The van der Waals surface area contributed by atoms with Gasteiger partial charge in [0, 0.05) is 6.42 Å². The van der Waals surface area contributed by atoms with E-state index in [-0.39, 0.29) is 5.56 Å². The molecular weight excluding hydrogens is 312 g/mol. The minimum atomic E-state index is -0.141. The third kappa shape index (κ3) is 2.69. The van der Waals surface area contributed by atoms with Crippen LogP contribution in [0, 0.1) is 11.8 Å². The quantitative estimate of drug-likeness (QED) is 0.783. The van der Waals surface area contributed by atoms with Gasteiger partial charge in [0.05, 0.1) is 17.2 Å². The average Bonchev–Trinajstić information content (AvgIpc) is 2.18. The lowest BCUT2D eigenvalue weighted by Gasteiger charge is -2.02. The lowest BCUT2D eigenvalue weighted by atomic mass is 10.4. The molecule has 0 N–H and O–H groups in total. The first-order valence-electron chi connectivity index (χ1n) is 3.97. The fraction of sp³-hybridized carbons (Fsp3) is 0.333. The molecule has 0 amide bonds. The molecular formula is C9H8Br2N2O. The monoisotopic (exact) mass is 318 g/mol. The van der Waals surface area contributed by atoms with E-state index in [1.807, 2.05) is 0 Å². The number of nitrogens with zero attached hydrogens (tertiary/aromatic N) is 2. The first kappa shape index (κ1) is 11.5. The summed E-state index contributed by atoms with van der Waals surface area (Å²) in [7, 11) is 0. The van der Waals surface area contributed by atoms with Crippen LogP contribution in [0.4, 0.5) is 0 Å². The Bertz CT molecular complexity index is 442. The first-order valence-corrected chi connectivity index (χ1v) is 5.56. The maximum absolute atomic E-state index is 11.6. The van der Waals surface area contributed by atoms with Crippen molar-refractivity contribution >= 4 is 31.9 Å². The molecule has 0 radical (unpaired) electrons. The number of hydrogen-bond acceptors (Lipinski definition) is 2. The van der Waals surface area contributed by atoms with Crippen LogP contribution in [0.5, 0.6) is 0 Å². The zero-order valence-corrected chi connectivity index (χ0v) is 10.7. The van der Waals surface area contributed by atoms with Crippen LogP contribution in [0.25, 0.3) is 0 Å². The molecule has 0 aromatic carbocycles. The van der Waals surface area contributed by atoms with Crippen molar-refractivity contribution in [1.82, 2.24) is 9.78 Å². The van der Waals surface area contributed by atoms with Gasteiger partial charge in [0.25, 0.3) is 5.56 Å². The standard InChI is InChI=1S/C9H8Br2N2O/c1-2-3-4-5-13-9(14)8(11)7(10)6-12-13/h6H,4-5H2,1H3. The van der Waals surface area contributed by atoms with E-state index in [0.717, 1.165) is 0 Å². The van der Waals surface area contributed by atoms with Crippen LogP contribution in [-0.4, -0.2) is 9.78 Å². The van der Waals surface area contributed by atoms with Crippen molar-refractivity contribution < 1.29 is 0 Å². The Morgan fingerprint density at radius 2 is 2.29 bits per heavy atom. The predicted molar refractivity (Wildman–Crippen MR) is 62.0 cm³/mol. The first-order chi connectivity index (χ1) is 6.66. The molecule has 3 nitrogen and oxygen atoms in total. The second-order valence-corrected chi connectivity index (χ2v) is 4.16. The van der Waals surface area contributed by atoms with Gasteiger partial charge in [-0.05, 0) is 38.8 Å². The highest BCUT2D eigenvalue weighted by molar-refractivity contribution is 9.13. The molecule has 14 heavy (non-hydrogen) atoms. The molecule has 1 aromatic rings. The van der Waals surface area contributed by atoms with Gasteiger partial charge in [0.1, 0.15) is 4.47 Å². The summed E-state index contributed by atoms with van der Waals surface area (Å²) >= 11 is 6.39. The topological polar surface area (TPSA) is 34.9 Å². The molecule has 0 saturated heterocycles. The lowest BCUT2D eigenvalue weighted by molar-refractivity contribution is 0.585. The number of hydrogen-bond donors (Lipinski definition) is 0. The smallest absolute Gasteiger partial charge is 0.266 e. The van der Waals surface area contributed by atoms with Gasteiger partial charge in [0.2, 0.25) is 0 Å². The van der Waals surface area contributed by atoms with Crippen molar-refractivity contribution in [3.05, 3.63) is 25.5 Å². The molecule has 1 heterocycles. The summed E-state index contributed by atoms with van der Waals surface area (Å²) in [6, 6.07) is 0. The van der Waals surface area contributed by atoms with Crippen LogP contribution in [0.3, 0.4) is 0 Å². The van der Waals surface area contributed by atoms with E-state index in [2.05, 4.69) is 48.8 Å². The summed E-state index contributed by atoms with van der Waals surface area (Å²) in [5.74, 6) is 5.65. The van der Waals surface area contributed by atoms with Crippen molar-refractivity contribution in [2.24, 2.45) is 0 Å². The molecule has 0 aliphatic carbocycles. The summed E-state index contributed by atoms with van der Waals surface area (Å²) < 4.78 is 2.55. The summed E-state index contributed by atoms with van der Waals surface area (Å²) in [5, 5.41) is 3.97. The Balaban J connectivity index is 2.93. The average molecular weight is 320 g/mol. The molecule has 0 saturated carbocycles. The third-order valence-electron chi connectivity index (χ3n) is 1.57. The normalized spacial score (nSPS) is 9.36. The molecule has 0 fully saturated rings. The Morgan fingerprint density at radius 1 is 1.57 bits per heavy atom. The third-order valence-corrected chi connectivity index (χ3v) is 3.47. The fourth-order valence-electron chi connectivity index (χ4n) is 0.891. The van der Waals surface area contributed by atoms with Crippen LogP contribution >= 0.6 is 31.9 Å². The van der Waals surface area contributed by atoms with Crippen LogP contribution in [-0.2, 0) is 6.54 Å². The fourth-order valence-corrected chi connectivity index (χ4v) is 1.46. The molecule has 74 valence electrons. The highest BCUT2D eigenvalue weighted by Crippen LogP contribution is 2.16. The van der Waals surface area contributed by atoms with E-state index in [4.69, 9.17) is 0 Å². The Kier molecular flexibility index (Phi) is 4.36. The molecule has 1 aromatic heterocycles. The summed E-state index contributed by atoms with van der Waals surface area (Å²) in [5.41, 5.74) is -0.141. The minimum Gasteiger partial charge on any atom is -0.266 e.